The van der Waals surface area contributed by atoms with Gasteiger partial charge in [0, 0.05) is 14.1 Å². The molecule has 0 saturated heterocycles. The first-order valence-electron chi connectivity index (χ1n) is 5.28. The number of nitrogens with zero attached hydrogens (tertiary/aromatic N) is 4. The van der Waals surface area contributed by atoms with Crippen molar-refractivity contribution in [3.05, 3.63) is 22.0 Å². The largest absolute Gasteiger partial charge is 0.480 e. The Hall–Kier alpha value is -2.45. The second-order valence-corrected chi connectivity index (χ2v) is 4.52. The molecule has 0 aliphatic heterocycles. The smallest absolute Gasteiger partial charge is 0.329 e. The third kappa shape index (κ3) is 2.54. The van der Waals surface area contributed by atoms with Gasteiger partial charge in [-0.2, -0.15) is 5.10 Å². The van der Waals surface area contributed by atoms with Crippen molar-refractivity contribution in [3.63, 3.8) is 0 Å². The van der Waals surface area contributed by atoms with Crippen LogP contribution in [-0.2, 0) is 11.8 Å². The molecule has 1 rings (SSSR count). The van der Waals surface area contributed by atoms with Gasteiger partial charge in [-0.15, -0.1) is 0 Å². The molecular formula is C10H14N4O5. The number of hydrogen-bond acceptors (Lipinski definition) is 5. The predicted octanol–water partition coefficient (Wildman–Crippen LogP) is 0.264. The van der Waals surface area contributed by atoms with Gasteiger partial charge in [0.1, 0.15) is 11.7 Å². The summed E-state index contributed by atoms with van der Waals surface area (Å²) in [6, 6.07) is 0. The van der Waals surface area contributed by atoms with E-state index in [-0.39, 0.29) is 5.69 Å². The Morgan fingerprint density at radius 2 is 2.05 bits per heavy atom. The fourth-order valence-corrected chi connectivity index (χ4v) is 1.32. The highest BCUT2D eigenvalue weighted by Crippen LogP contribution is 2.21. The van der Waals surface area contributed by atoms with Crippen LogP contribution in [0, 0.1) is 10.1 Å². The maximum Gasteiger partial charge on any atom is 0.329 e. The second kappa shape index (κ2) is 4.67. The molecular weight excluding hydrogens is 256 g/mol. The van der Waals surface area contributed by atoms with Gasteiger partial charge in [-0.05, 0) is 13.8 Å². The van der Waals surface area contributed by atoms with E-state index in [0.717, 1.165) is 15.8 Å². The number of aryl methyl sites for hydroxylation is 1. The third-order valence-corrected chi connectivity index (χ3v) is 2.88. The number of carbonyl (C=O) groups excluding carboxylic acids is 1. The zero-order valence-electron chi connectivity index (χ0n) is 10.9. The Morgan fingerprint density at radius 1 is 1.53 bits per heavy atom. The van der Waals surface area contributed by atoms with Crippen molar-refractivity contribution in [1.29, 1.82) is 0 Å². The first kappa shape index (κ1) is 14.6. The van der Waals surface area contributed by atoms with Gasteiger partial charge in [-0.3, -0.25) is 19.6 Å². The Balaban J connectivity index is 3.21. The summed E-state index contributed by atoms with van der Waals surface area (Å²) < 4.78 is 1.13. The number of nitro groups is 1. The number of hydrogen-bond donors (Lipinski definition) is 1. The fraction of sp³-hybridized carbons (Fsp3) is 0.500. The Morgan fingerprint density at radius 3 is 2.47 bits per heavy atom. The van der Waals surface area contributed by atoms with Gasteiger partial charge < -0.3 is 10.0 Å². The van der Waals surface area contributed by atoms with Crippen LogP contribution < -0.4 is 0 Å². The number of aliphatic carboxylic acids is 1. The maximum absolute atomic E-state index is 12.1. The number of carbonyl (C=O) groups is 2. The molecule has 0 aromatic carbocycles. The fourth-order valence-electron chi connectivity index (χ4n) is 1.32. The van der Waals surface area contributed by atoms with E-state index in [2.05, 4.69) is 5.10 Å². The zero-order chi connectivity index (χ0) is 15.0. The Labute approximate surface area is 108 Å². The minimum Gasteiger partial charge on any atom is -0.480 e. The van der Waals surface area contributed by atoms with Crippen LogP contribution in [0.1, 0.15) is 24.3 Å². The average molecular weight is 270 g/mol. The molecule has 0 saturated carbocycles. The van der Waals surface area contributed by atoms with Crippen molar-refractivity contribution in [3.8, 4) is 0 Å². The van der Waals surface area contributed by atoms with Crippen molar-refractivity contribution < 1.29 is 19.6 Å². The lowest BCUT2D eigenvalue weighted by Crippen LogP contribution is -2.51. The zero-order valence-corrected chi connectivity index (χ0v) is 10.9. The van der Waals surface area contributed by atoms with Crippen molar-refractivity contribution in [1.82, 2.24) is 14.7 Å². The van der Waals surface area contributed by atoms with Crippen LogP contribution in [0.2, 0.25) is 0 Å². The molecule has 1 aromatic rings. The summed E-state index contributed by atoms with van der Waals surface area (Å²) >= 11 is 0. The minimum atomic E-state index is -1.50. The molecule has 0 aliphatic carbocycles. The minimum absolute atomic E-state index is 0.385. The summed E-state index contributed by atoms with van der Waals surface area (Å²) in [6.45, 7) is 2.64. The van der Waals surface area contributed by atoms with Gasteiger partial charge in [0.2, 0.25) is 5.69 Å². The average Bonchev–Trinajstić information content (AvgIpc) is 2.69. The van der Waals surface area contributed by atoms with E-state index in [9.17, 15) is 19.7 Å². The highest BCUT2D eigenvalue weighted by atomic mass is 16.6. The monoisotopic (exact) mass is 270 g/mol. The van der Waals surface area contributed by atoms with E-state index in [1.165, 1.54) is 27.9 Å². The van der Waals surface area contributed by atoms with Gasteiger partial charge in [0.15, 0.2) is 0 Å². The van der Waals surface area contributed by atoms with Crippen molar-refractivity contribution >= 4 is 17.6 Å². The lowest BCUT2D eigenvalue weighted by Gasteiger charge is -2.30. The molecule has 0 aliphatic rings. The van der Waals surface area contributed by atoms with E-state index in [1.807, 2.05) is 0 Å². The molecule has 9 heteroatoms. The molecule has 1 heterocycles. The molecule has 0 atom stereocenters. The van der Waals surface area contributed by atoms with Gasteiger partial charge in [-0.25, -0.2) is 4.79 Å². The molecule has 0 radical (unpaired) electrons. The lowest BCUT2D eigenvalue weighted by atomic mass is 10.0. The second-order valence-electron chi connectivity index (χ2n) is 4.52. The molecule has 0 unspecified atom stereocenters. The number of amides is 1. The van der Waals surface area contributed by atoms with Crippen LogP contribution in [0.3, 0.4) is 0 Å². The molecule has 0 bridgehead atoms. The summed E-state index contributed by atoms with van der Waals surface area (Å²) in [5, 5.41) is 23.6. The molecule has 1 aromatic heterocycles. The van der Waals surface area contributed by atoms with E-state index in [1.54, 1.807) is 0 Å². The molecule has 0 spiro atoms. The van der Waals surface area contributed by atoms with Gasteiger partial charge in [0.05, 0.1) is 4.92 Å². The maximum atomic E-state index is 12.1. The number of rotatable bonds is 4. The van der Waals surface area contributed by atoms with Crippen LogP contribution in [0.25, 0.3) is 0 Å². The van der Waals surface area contributed by atoms with Crippen molar-refractivity contribution in [2.24, 2.45) is 7.05 Å². The number of carboxylic acids is 1. The van der Waals surface area contributed by atoms with Crippen LogP contribution >= 0.6 is 0 Å². The Kier molecular flexibility index (Phi) is 3.59. The first-order chi connectivity index (χ1) is 8.59. The third-order valence-electron chi connectivity index (χ3n) is 2.88. The first-order valence-corrected chi connectivity index (χ1v) is 5.28. The molecule has 1 N–H and O–H groups in total. The molecule has 104 valence electrons. The molecule has 19 heavy (non-hydrogen) atoms. The van der Waals surface area contributed by atoms with E-state index < -0.39 is 28.0 Å². The highest BCUT2D eigenvalue weighted by molar-refractivity contribution is 5.98. The topological polar surface area (TPSA) is 119 Å². The van der Waals surface area contributed by atoms with Crippen molar-refractivity contribution in [2.75, 3.05) is 7.05 Å². The normalized spacial score (nSPS) is 11.2. The number of aromatic nitrogens is 2. The molecule has 1 amide bonds. The summed E-state index contributed by atoms with van der Waals surface area (Å²) in [7, 11) is 2.70. The Bertz CT molecular complexity index is 548. The quantitative estimate of drug-likeness (QED) is 0.619. The number of likely N-dealkylation sites (N-methyl/N-ethyl adjacent to an activating group) is 1. The van der Waals surface area contributed by atoms with Crippen molar-refractivity contribution in [2.45, 2.75) is 19.4 Å². The van der Waals surface area contributed by atoms with Crippen LogP contribution in [0.4, 0.5) is 5.69 Å². The standard InChI is InChI=1S/C10H14N4O5/c1-10(2,9(16)17)13(4)8(15)7-6(14(18)19)5-12(3)11-7/h5H,1-4H3,(H,16,17). The van der Waals surface area contributed by atoms with Crippen LogP contribution in [0.5, 0.6) is 0 Å². The summed E-state index contributed by atoms with van der Waals surface area (Å²) in [5.41, 5.74) is -2.34. The van der Waals surface area contributed by atoms with Crippen LogP contribution in [0.15, 0.2) is 6.20 Å². The highest BCUT2D eigenvalue weighted by Gasteiger charge is 2.39. The van der Waals surface area contributed by atoms with Gasteiger partial charge in [-0.1, -0.05) is 0 Å². The number of carboxylic acid groups (broad SMARTS) is 1. The van der Waals surface area contributed by atoms with Crippen LogP contribution in [-0.4, -0.2) is 49.2 Å². The summed E-state index contributed by atoms with van der Waals surface area (Å²) in [5.74, 6) is -2.04. The predicted molar refractivity (Wildman–Crippen MR) is 63.7 cm³/mol. The van der Waals surface area contributed by atoms with Gasteiger partial charge in [0.25, 0.3) is 5.91 Å². The van der Waals surface area contributed by atoms with Gasteiger partial charge >= 0.3 is 11.7 Å². The van der Waals surface area contributed by atoms with E-state index >= 15 is 0 Å². The summed E-state index contributed by atoms with van der Waals surface area (Å²) in [4.78, 5) is 34.2. The summed E-state index contributed by atoms with van der Waals surface area (Å²) in [6.07, 6.45) is 1.09. The van der Waals surface area contributed by atoms with E-state index in [0.29, 0.717) is 0 Å². The van der Waals surface area contributed by atoms with E-state index in [4.69, 9.17) is 5.11 Å². The SMILES string of the molecule is CN(C(=O)c1nn(C)cc1[N+](=O)[O-])C(C)(C)C(=O)O. The molecule has 0 fully saturated rings. The lowest BCUT2D eigenvalue weighted by molar-refractivity contribution is -0.385. The molecule has 9 nitrogen and oxygen atoms in total.